The Hall–Kier alpha value is -2.23. The summed E-state index contributed by atoms with van der Waals surface area (Å²) in [4.78, 5) is 6.56. The van der Waals surface area contributed by atoms with Crippen molar-refractivity contribution in [1.29, 1.82) is 0 Å². The summed E-state index contributed by atoms with van der Waals surface area (Å²) in [5, 5.41) is 0. The first kappa shape index (κ1) is 14.2. The van der Waals surface area contributed by atoms with Gasteiger partial charge in [0.1, 0.15) is 5.82 Å². The molecule has 0 aliphatic heterocycles. The van der Waals surface area contributed by atoms with Gasteiger partial charge in [0.05, 0.1) is 11.8 Å². The van der Waals surface area contributed by atoms with Crippen molar-refractivity contribution in [1.82, 2.24) is 4.98 Å². The quantitative estimate of drug-likeness (QED) is 0.908. The first-order valence-corrected chi connectivity index (χ1v) is 6.74. The molecule has 1 aromatic carbocycles. The van der Waals surface area contributed by atoms with E-state index in [4.69, 9.17) is 10.5 Å². The average molecular weight is 271 g/mol. The van der Waals surface area contributed by atoms with E-state index in [2.05, 4.69) is 22.0 Å². The maximum absolute atomic E-state index is 5.88. The van der Waals surface area contributed by atoms with E-state index in [1.807, 2.05) is 51.2 Å². The SMILES string of the molecule is CC(C)Oc1nc(N(C)Cc2ccccc2)ccc1N. The molecule has 0 spiro atoms. The molecule has 0 aliphatic rings. The summed E-state index contributed by atoms with van der Waals surface area (Å²) in [5.41, 5.74) is 7.69. The summed E-state index contributed by atoms with van der Waals surface area (Å²) in [6.07, 6.45) is 0.0551. The van der Waals surface area contributed by atoms with Gasteiger partial charge in [-0.15, -0.1) is 0 Å². The molecule has 0 saturated heterocycles. The second-order valence-corrected chi connectivity index (χ2v) is 5.07. The molecule has 4 heteroatoms. The van der Waals surface area contributed by atoms with E-state index >= 15 is 0 Å². The molecule has 0 saturated carbocycles. The van der Waals surface area contributed by atoms with Crippen LogP contribution < -0.4 is 15.4 Å². The molecule has 1 heterocycles. The Morgan fingerprint density at radius 3 is 2.50 bits per heavy atom. The van der Waals surface area contributed by atoms with Crippen molar-refractivity contribution >= 4 is 11.5 Å². The monoisotopic (exact) mass is 271 g/mol. The number of hydrogen-bond acceptors (Lipinski definition) is 4. The Morgan fingerprint density at radius 2 is 1.85 bits per heavy atom. The molecule has 2 rings (SSSR count). The van der Waals surface area contributed by atoms with Gasteiger partial charge in [-0.25, -0.2) is 0 Å². The number of hydrogen-bond donors (Lipinski definition) is 1. The molecule has 0 aliphatic carbocycles. The molecule has 2 N–H and O–H groups in total. The van der Waals surface area contributed by atoms with Crippen molar-refractivity contribution in [2.24, 2.45) is 0 Å². The number of nitrogens with two attached hydrogens (primary N) is 1. The normalized spacial score (nSPS) is 10.6. The topological polar surface area (TPSA) is 51.4 Å². The summed E-state index contributed by atoms with van der Waals surface area (Å²) in [6, 6.07) is 14.0. The van der Waals surface area contributed by atoms with Crippen LogP contribution in [0.3, 0.4) is 0 Å². The number of aromatic nitrogens is 1. The lowest BCUT2D eigenvalue weighted by molar-refractivity contribution is 0.234. The lowest BCUT2D eigenvalue weighted by Crippen LogP contribution is -2.18. The van der Waals surface area contributed by atoms with Gasteiger partial charge in [-0.05, 0) is 31.5 Å². The van der Waals surface area contributed by atoms with Crippen molar-refractivity contribution in [3.05, 3.63) is 48.0 Å². The van der Waals surface area contributed by atoms with Gasteiger partial charge >= 0.3 is 0 Å². The standard InChI is InChI=1S/C16H21N3O/c1-12(2)20-16-14(17)9-10-15(18-16)19(3)11-13-7-5-4-6-8-13/h4-10,12H,11,17H2,1-3H3. The van der Waals surface area contributed by atoms with E-state index < -0.39 is 0 Å². The number of ether oxygens (including phenoxy) is 1. The molecule has 0 amide bonds. The number of pyridine rings is 1. The van der Waals surface area contributed by atoms with Crippen LogP contribution >= 0.6 is 0 Å². The van der Waals surface area contributed by atoms with Crippen molar-refractivity contribution in [2.45, 2.75) is 26.5 Å². The van der Waals surface area contributed by atoms with Crippen LogP contribution in [0.15, 0.2) is 42.5 Å². The lowest BCUT2D eigenvalue weighted by Gasteiger charge is -2.20. The van der Waals surface area contributed by atoms with Crippen LogP contribution in [0.5, 0.6) is 5.88 Å². The highest BCUT2D eigenvalue weighted by molar-refractivity contribution is 5.54. The molecule has 0 radical (unpaired) electrons. The van der Waals surface area contributed by atoms with Crippen LogP contribution in [0.2, 0.25) is 0 Å². The van der Waals surface area contributed by atoms with Gasteiger partial charge in [0.15, 0.2) is 0 Å². The average Bonchev–Trinajstić information content (AvgIpc) is 2.42. The fourth-order valence-corrected chi connectivity index (χ4v) is 1.91. The smallest absolute Gasteiger partial charge is 0.239 e. The van der Waals surface area contributed by atoms with E-state index in [-0.39, 0.29) is 6.10 Å². The van der Waals surface area contributed by atoms with Crippen molar-refractivity contribution < 1.29 is 4.74 Å². The minimum atomic E-state index is 0.0551. The predicted molar refractivity (Wildman–Crippen MR) is 83.0 cm³/mol. The Kier molecular flexibility index (Phi) is 4.45. The third kappa shape index (κ3) is 3.63. The Labute approximate surface area is 120 Å². The maximum atomic E-state index is 5.88. The summed E-state index contributed by atoms with van der Waals surface area (Å²) >= 11 is 0. The van der Waals surface area contributed by atoms with Crippen LogP contribution in [-0.4, -0.2) is 18.1 Å². The fraction of sp³-hybridized carbons (Fsp3) is 0.312. The first-order chi connectivity index (χ1) is 9.56. The summed E-state index contributed by atoms with van der Waals surface area (Å²) in [6.45, 7) is 4.71. The van der Waals surface area contributed by atoms with E-state index in [9.17, 15) is 0 Å². The highest BCUT2D eigenvalue weighted by Gasteiger charge is 2.09. The maximum Gasteiger partial charge on any atom is 0.239 e. The third-order valence-electron chi connectivity index (χ3n) is 2.88. The number of benzene rings is 1. The highest BCUT2D eigenvalue weighted by atomic mass is 16.5. The van der Waals surface area contributed by atoms with E-state index in [0.717, 1.165) is 12.4 Å². The van der Waals surface area contributed by atoms with Gasteiger partial charge in [0, 0.05) is 13.6 Å². The summed E-state index contributed by atoms with van der Waals surface area (Å²) in [7, 11) is 2.00. The van der Waals surface area contributed by atoms with Crippen LogP contribution in [-0.2, 0) is 6.54 Å². The van der Waals surface area contributed by atoms with Gasteiger partial charge in [0.2, 0.25) is 5.88 Å². The zero-order valence-electron chi connectivity index (χ0n) is 12.2. The lowest BCUT2D eigenvalue weighted by atomic mass is 10.2. The van der Waals surface area contributed by atoms with E-state index in [1.165, 1.54) is 5.56 Å². The summed E-state index contributed by atoms with van der Waals surface area (Å²) < 4.78 is 5.62. The number of nitrogen functional groups attached to an aromatic ring is 1. The molecule has 106 valence electrons. The molecule has 1 aromatic heterocycles. The first-order valence-electron chi connectivity index (χ1n) is 6.74. The predicted octanol–water partition coefficient (Wildman–Crippen LogP) is 3.09. The molecular weight excluding hydrogens is 250 g/mol. The van der Waals surface area contributed by atoms with Crippen molar-refractivity contribution in [3.8, 4) is 5.88 Å². The number of nitrogens with zero attached hydrogens (tertiary/aromatic N) is 2. The van der Waals surface area contributed by atoms with Crippen LogP contribution in [0.25, 0.3) is 0 Å². The summed E-state index contributed by atoms with van der Waals surface area (Å²) in [5.74, 6) is 1.34. The van der Waals surface area contributed by atoms with Crippen LogP contribution in [0.4, 0.5) is 11.5 Å². The second kappa shape index (κ2) is 6.28. The van der Waals surface area contributed by atoms with Gasteiger partial charge in [-0.2, -0.15) is 4.98 Å². The highest BCUT2D eigenvalue weighted by Crippen LogP contribution is 2.24. The third-order valence-corrected chi connectivity index (χ3v) is 2.88. The fourth-order valence-electron chi connectivity index (χ4n) is 1.91. The molecule has 0 bridgehead atoms. The number of rotatable bonds is 5. The second-order valence-electron chi connectivity index (χ2n) is 5.07. The van der Waals surface area contributed by atoms with Crippen LogP contribution in [0.1, 0.15) is 19.4 Å². The van der Waals surface area contributed by atoms with Gasteiger partial charge in [-0.1, -0.05) is 30.3 Å². The molecule has 0 unspecified atom stereocenters. The molecule has 0 fully saturated rings. The zero-order valence-corrected chi connectivity index (χ0v) is 12.2. The Morgan fingerprint density at radius 1 is 1.15 bits per heavy atom. The molecule has 4 nitrogen and oxygen atoms in total. The number of anilines is 2. The minimum Gasteiger partial charge on any atom is -0.473 e. The molecular formula is C16H21N3O. The largest absolute Gasteiger partial charge is 0.473 e. The molecule has 2 aromatic rings. The Bertz CT molecular complexity index is 555. The Balaban J connectivity index is 2.15. The molecule has 0 atom stereocenters. The van der Waals surface area contributed by atoms with Crippen LogP contribution in [0, 0.1) is 0 Å². The minimum absolute atomic E-state index is 0.0551. The zero-order chi connectivity index (χ0) is 14.5. The van der Waals surface area contributed by atoms with Crippen molar-refractivity contribution in [3.63, 3.8) is 0 Å². The van der Waals surface area contributed by atoms with E-state index in [0.29, 0.717) is 11.6 Å². The van der Waals surface area contributed by atoms with Crippen molar-refractivity contribution in [2.75, 3.05) is 17.7 Å². The van der Waals surface area contributed by atoms with E-state index in [1.54, 1.807) is 0 Å². The van der Waals surface area contributed by atoms with Gasteiger partial charge in [0.25, 0.3) is 0 Å². The molecule has 20 heavy (non-hydrogen) atoms. The van der Waals surface area contributed by atoms with Gasteiger partial charge < -0.3 is 15.4 Å². The van der Waals surface area contributed by atoms with Gasteiger partial charge in [-0.3, -0.25) is 0 Å².